The number of nitrogens with zero attached hydrogens (tertiary/aromatic N) is 1. The van der Waals surface area contributed by atoms with Crippen molar-refractivity contribution in [3.8, 4) is 0 Å². The molecule has 1 N–H and O–H groups in total. The molecule has 4 aliphatic heterocycles. The molecule has 3 saturated carbocycles. The highest BCUT2D eigenvalue weighted by Crippen LogP contribution is 2.79. The summed E-state index contributed by atoms with van der Waals surface area (Å²) in [5, 5.41) is 11.3. The Morgan fingerprint density at radius 1 is 1.08 bits per heavy atom. The van der Waals surface area contributed by atoms with Gasteiger partial charge in [0, 0.05) is 31.0 Å². The lowest BCUT2D eigenvalue weighted by Gasteiger charge is -2.67. The normalized spacial score (nSPS) is 59.1. The molecule has 4 saturated heterocycles. The Bertz CT molecular complexity index is 984. The van der Waals surface area contributed by atoms with Gasteiger partial charge in [-0.2, -0.15) is 0 Å². The smallest absolute Gasteiger partial charge is 0.302 e. The summed E-state index contributed by atoms with van der Waals surface area (Å²) in [4.78, 5) is 15.2. The molecule has 0 radical (unpaired) electrons. The Kier molecular flexibility index (Phi) is 5.31. The Labute approximate surface area is 224 Å². The minimum atomic E-state index is -0.870. The maximum absolute atomic E-state index is 12.1. The Morgan fingerprint density at radius 3 is 2.59 bits per heavy atom. The average molecular weight is 514 g/mol. The second kappa shape index (κ2) is 7.75. The molecule has 0 aromatic carbocycles. The third kappa shape index (κ3) is 2.81. The van der Waals surface area contributed by atoms with Crippen LogP contribution in [0.2, 0.25) is 0 Å². The van der Waals surface area contributed by atoms with E-state index in [1.165, 1.54) is 64.8 Å². The van der Waals surface area contributed by atoms with Gasteiger partial charge >= 0.3 is 5.97 Å². The van der Waals surface area contributed by atoms with Gasteiger partial charge in [-0.15, -0.1) is 0 Å². The summed E-state index contributed by atoms with van der Waals surface area (Å²) in [5.74, 6) is 3.13. The molecule has 4 heterocycles. The molecule has 7 rings (SSSR count). The van der Waals surface area contributed by atoms with Gasteiger partial charge < -0.3 is 14.6 Å². The molecule has 7 bridgehead atoms. The Hall–Kier alpha value is -0.650. The van der Waals surface area contributed by atoms with Crippen molar-refractivity contribution in [2.24, 2.45) is 45.8 Å². The number of piperidine rings is 2. The fraction of sp³-hybridized carbons (Fsp3) is 0.969. The number of carbonyl (C=O) groups is 1. The van der Waals surface area contributed by atoms with Crippen LogP contribution < -0.4 is 0 Å². The number of rotatable bonds is 5. The molecule has 1 spiro atoms. The van der Waals surface area contributed by atoms with E-state index in [-0.39, 0.29) is 23.6 Å². The zero-order valence-corrected chi connectivity index (χ0v) is 24.2. The van der Waals surface area contributed by atoms with E-state index in [0.717, 1.165) is 42.9 Å². The van der Waals surface area contributed by atoms with Crippen LogP contribution in [0.25, 0.3) is 0 Å². The molecule has 7 fully saturated rings. The van der Waals surface area contributed by atoms with Crippen molar-refractivity contribution in [3.63, 3.8) is 0 Å². The van der Waals surface area contributed by atoms with Gasteiger partial charge in [-0.25, -0.2) is 0 Å². The van der Waals surface area contributed by atoms with E-state index in [0.29, 0.717) is 22.4 Å². The van der Waals surface area contributed by atoms with E-state index in [2.05, 4.69) is 39.5 Å². The van der Waals surface area contributed by atoms with Crippen LogP contribution in [0.3, 0.4) is 0 Å². The highest BCUT2D eigenvalue weighted by molar-refractivity contribution is 5.66. The lowest BCUT2D eigenvalue weighted by Crippen LogP contribution is -2.68. The van der Waals surface area contributed by atoms with Crippen molar-refractivity contribution in [1.29, 1.82) is 0 Å². The van der Waals surface area contributed by atoms with Crippen LogP contribution >= 0.6 is 0 Å². The van der Waals surface area contributed by atoms with Crippen LogP contribution in [0, 0.1) is 45.8 Å². The van der Waals surface area contributed by atoms with E-state index in [1.807, 2.05) is 0 Å². The first kappa shape index (κ1) is 25.3. The van der Waals surface area contributed by atoms with Gasteiger partial charge in [-0.05, 0) is 106 Å². The van der Waals surface area contributed by atoms with Crippen molar-refractivity contribution in [2.75, 3.05) is 6.54 Å². The standard InChI is InChI=1S/C32H51NO4/c1-19(2)22-10-14-28(4)21-9-16-31-13-7-8-24(31)32(28,26(22)33(31)18-21)17-11-23-29(5)15-12-25(36-20(3)34)30(23,6)27(35)37-29/h19,21-27,35H,7-18H2,1-6H3. The summed E-state index contributed by atoms with van der Waals surface area (Å²) in [7, 11) is 0. The SMILES string of the molecule is CC(=O)OC1CCC2(C)OC(O)C1(C)C2CCC12C3C(C(C)C)CCC1(C)C1CCC4(CCCC42)N3C1. The molecule has 0 amide bonds. The van der Waals surface area contributed by atoms with Crippen LogP contribution in [-0.4, -0.2) is 52.1 Å². The first-order valence-corrected chi connectivity index (χ1v) is 15.7. The molecule has 7 aliphatic rings. The van der Waals surface area contributed by atoms with Gasteiger partial charge in [0.1, 0.15) is 6.10 Å². The first-order valence-electron chi connectivity index (χ1n) is 15.7. The van der Waals surface area contributed by atoms with Crippen molar-refractivity contribution in [3.05, 3.63) is 0 Å². The minimum absolute atomic E-state index is 0.204. The first-order chi connectivity index (χ1) is 17.4. The van der Waals surface area contributed by atoms with E-state index in [9.17, 15) is 9.90 Å². The van der Waals surface area contributed by atoms with E-state index in [4.69, 9.17) is 9.47 Å². The molecule has 5 heteroatoms. The van der Waals surface area contributed by atoms with Crippen molar-refractivity contribution in [2.45, 2.75) is 142 Å². The van der Waals surface area contributed by atoms with Crippen molar-refractivity contribution >= 4 is 5.97 Å². The second-order valence-electron chi connectivity index (χ2n) is 15.7. The summed E-state index contributed by atoms with van der Waals surface area (Å²) >= 11 is 0. The molecule has 37 heavy (non-hydrogen) atoms. The number of esters is 1. The predicted octanol–water partition coefficient (Wildman–Crippen LogP) is 5.93. The predicted molar refractivity (Wildman–Crippen MR) is 143 cm³/mol. The van der Waals surface area contributed by atoms with Gasteiger partial charge in [0.2, 0.25) is 0 Å². The van der Waals surface area contributed by atoms with Gasteiger partial charge in [0.15, 0.2) is 6.29 Å². The van der Waals surface area contributed by atoms with Gasteiger partial charge in [0.05, 0.1) is 11.0 Å². The van der Waals surface area contributed by atoms with Crippen LogP contribution in [-0.2, 0) is 14.3 Å². The number of aliphatic hydroxyl groups is 1. The highest BCUT2D eigenvalue weighted by atomic mass is 16.6. The van der Waals surface area contributed by atoms with Crippen LogP contribution in [0.4, 0.5) is 0 Å². The Morgan fingerprint density at radius 2 is 1.86 bits per heavy atom. The van der Waals surface area contributed by atoms with Crippen molar-refractivity contribution in [1.82, 2.24) is 4.90 Å². The average Bonchev–Trinajstić information content (AvgIpc) is 3.35. The number of hydrogen-bond donors (Lipinski definition) is 1. The third-order valence-electron chi connectivity index (χ3n) is 14.5. The van der Waals surface area contributed by atoms with E-state index < -0.39 is 11.7 Å². The molecule has 13 atom stereocenters. The lowest BCUT2D eigenvalue weighted by molar-refractivity contribution is -0.188. The van der Waals surface area contributed by atoms with Gasteiger partial charge in [-0.1, -0.05) is 34.1 Å². The summed E-state index contributed by atoms with van der Waals surface area (Å²) in [6.07, 6.45) is 12.7. The maximum Gasteiger partial charge on any atom is 0.302 e. The summed E-state index contributed by atoms with van der Waals surface area (Å²) in [6, 6.07) is 0.713. The van der Waals surface area contributed by atoms with Crippen LogP contribution in [0.5, 0.6) is 0 Å². The quantitative estimate of drug-likeness (QED) is 0.462. The fourth-order valence-electron chi connectivity index (χ4n) is 13.0. The molecule has 3 aliphatic carbocycles. The molecule has 0 aromatic heterocycles. The van der Waals surface area contributed by atoms with E-state index in [1.54, 1.807) is 0 Å². The molecule has 208 valence electrons. The number of aliphatic hydroxyl groups excluding tert-OH is 1. The summed E-state index contributed by atoms with van der Waals surface area (Å²) < 4.78 is 12.3. The van der Waals surface area contributed by atoms with Crippen LogP contribution in [0.15, 0.2) is 0 Å². The molecular formula is C32H51NO4. The number of ether oxygens (including phenoxy) is 2. The minimum Gasteiger partial charge on any atom is -0.462 e. The number of fused-ring (bicyclic) bond motifs is 4. The van der Waals surface area contributed by atoms with Crippen molar-refractivity contribution < 1.29 is 19.4 Å². The number of carbonyl (C=O) groups excluding carboxylic acids is 1. The molecule has 5 nitrogen and oxygen atoms in total. The molecular weight excluding hydrogens is 462 g/mol. The number of hydrogen-bond acceptors (Lipinski definition) is 5. The largest absolute Gasteiger partial charge is 0.462 e. The van der Waals surface area contributed by atoms with Gasteiger partial charge in [-0.3, -0.25) is 9.69 Å². The molecule has 13 unspecified atom stereocenters. The van der Waals surface area contributed by atoms with Crippen LogP contribution in [0.1, 0.15) is 112 Å². The van der Waals surface area contributed by atoms with E-state index >= 15 is 0 Å². The highest BCUT2D eigenvalue weighted by Gasteiger charge is 2.80. The zero-order valence-electron chi connectivity index (χ0n) is 24.2. The lowest BCUT2D eigenvalue weighted by atomic mass is 9.41. The fourth-order valence-corrected chi connectivity index (χ4v) is 13.0. The third-order valence-corrected chi connectivity index (χ3v) is 14.5. The Balaban J connectivity index is 1.30. The topological polar surface area (TPSA) is 59.0 Å². The van der Waals surface area contributed by atoms with Gasteiger partial charge in [0.25, 0.3) is 0 Å². The zero-order chi connectivity index (χ0) is 26.2. The molecule has 0 aromatic rings. The second-order valence-corrected chi connectivity index (χ2v) is 15.7. The monoisotopic (exact) mass is 513 g/mol. The maximum atomic E-state index is 12.1. The summed E-state index contributed by atoms with van der Waals surface area (Å²) in [5.41, 5.74) is 0.348. The summed E-state index contributed by atoms with van der Waals surface area (Å²) in [6.45, 7) is 14.9.